The molecule has 0 aromatic rings. The highest BCUT2D eigenvalue weighted by molar-refractivity contribution is 5.83. The second-order valence-electron chi connectivity index (χ2n) is 3.32. The monoisotopic (exact) mass is 236 g/mol. The first-order chi connectivity index (χ1) is 7.36. The van der Waals surface area contributed by atoms with Gasteiger partial charge in [-0.25, -0.2) is 9.59 Å². The zero-order valence-corrected chi connectivity index (χ0v) is 8.54. The number of carbonyl (C=O) groups is 2. The van der Waals surface area contributed by atoms with E-state index in [0.717, 1.165) is 19.5 Å². The molecule has 0 bridgehead atoms. The molecule has 1 aliphatic rings. The van der Waals surface area contributed by atoms with Gasteiger partial charge in [0.05, 0.1) is 0 Å². The minimum absolute atomic E-state index is 0.435. The maximum absolute atomic E-state index is 9.77. The highest BCUT2D eigenvalue weighted by Gasteiger charge is 2.29. The predicted octanol–water partition coefficient (Wildman–Crippen LogP) is -2.82. The Morgan fingerprint density at radius 3 is 1.75 bits per heavy atom. The number of aliphatic carboxylic acids is 2. The van der Waals surface area contributed by atoms with Crippen molar-refractivity contribution in [1.82, 2.24) is 5.32 Å². The molecule has 1 aliphatic heterocycles. The Morgan fingerprint density at radius 2 is 1.62 bits per heavy atom. The van der Waals surface area contributed by atoms with Crippen LogP contribution in [0.2, 0.25) is 0 Å². The molecule has 0 amide bonds. The van der Waals surface area contributed by atoms with Crippen molar-refractivity contribution < 1.29 is 30.0 Å². The van der Waals surface area contributed by atoms with Crippen LogP contribution in [0.25, 0.3) is 0 Å². The van der Waals surface area contributed by atoms with Crippen molar-refractivity contribution in [2.75, 3.05) is 13.1 Å². The van der Waals surface area contributed by atoms with Gasteiger partial charge >= 0.3 is 11.9 Å². The van der Waals surface area contributed by atoms with Crippen molar-refractivity contribution in [2.45, 2.75) is 24.7 Å². The van der Waals surface area contributed by atoms with Gasteiger partial charge < -0.3 is 31.5 Å². The van der Waals surface area contributed by atoms with E-state index in [4.69, 9.17) is 26.2 Å². The Balaban J connectivity index is 0.000000315. The van der Waals surface area contributed by atoms with Crippen LogP contribution in [-0.4, -0.2) is 63.7 Å². The van der Waals surface area contributed by atoms with Crippen LogP contribution in [0.1, 0.15) is 6.42 Å². The number of carboxylic acid groups (broad SMARTS) is 2. The van der Waals surface area contributed by atoms with E-state index in [1.54, 1.807) is 0 Å². The van der Waals surface area contributed by atoms with E-state index in [0.29, 0.717) is 6.04 Å². The van der Waals surface area contributed by atoms with E-state index >= 15 is 0 Å². The maximum atomic E-state index is 9.77. The molecule has 0 radical (unpaired) electrons. The minimum Gasteiger partial charge on any atom is -0.479 e. The molecule has 3 atom stereocenters. The van der Waals surface area contributed by atoms with Crippen molar-refractivity contribution >= 4 is 11.9 Å². The fourth-order valence-electron chi connectivity index (χ4n) is 0.947. The van der Waals surface area contributed by atoms with Gasteiger partial charge in [0.1, 0.15) is 0 Å². The molecule has 0 saturated carbocycles. The number of carboxylic acids is 2. The van der Waals surface area contributed by atoms with Gasteiger partial charge in [-0.05, 0) is 13.0 Å². The summed E-state index contributed by atoms with van der Waals surface area (Å²) in [4.78, 5) is 19.5. The number of aliphatic hydroxyl groups excluding tert-OH is 2. The van der Waals surface area contributed by atoms with Gasteiger partial charge in [-0.2, -0.15) is 0 Å². The van der Waals surface area contributed by atoms with Gasteiger partial charge in [-0.3, -0.25) is 0 Å². The van der Waals surface area contributed by atoms with E-state index in [1.807, 2.05) is 0 Å². The lowest BCUT2D eigenvalue weighted by molar-refractivity contribution is -0.165. The standard InChI is InChI=1S/C4H10N2.C4H6O6/c5-4-1-2-6-3-4;5-1(3(7)8)2(6)4(9)10/h4,6H,1-3,5H2;1-2,5-6H,(H,7,8)(H,9,10)/t4-;1-,2-/m10/s1. The molecule has 0 aliphatic carbocycles. The first-order valence-electron chi connectivity index (χ1n) is 4.64. The molecule has 0 spiro atoms. The molecule has 8 nitrogen and oxygen atoms in total. The number of hydrogen-bond donors (Lipinski definition) is 6. The zero-order chi connectivity index (χ0) is 12.7. The molecule has 0 aromatic heterocycles. The Kier molecular flexibility index (Phi) is 6.58. The molecule has 1 rings (SSSR count). The summed E-state index contributed by atoms with van der Waals surface area (Å²) in [6, 6.07) is 0.435. The van der Waals surface area contributed by atoms with Crippen molar-refractivity contribution in [1.29, 1.82) is 0 Å². The van der Waals surface area contributed by atoms with Gasteiger partial charge in [0.2, 0.25) is 0 Å². The third-order valence-electron chi connectivity index (χ3n) is 1.90. The molecule has 0 unspecified atom stereocenters. The first kappa shape index (κ1) is 14.8. The molecule has 16 heavy (non-hydrogen) atoms. The van der Waals surface area contributed by atoms with Crippen molar-refractivity contribution in [3.8, 4) is 0 Å². The summed E-state index contributed by atoms with van der Waals surface area (Å²) in [5.74, 6) is -3.54. The average Bonchev–Trinajstić information content (AvgIpc) is 2.67. The highest BCUT2D eigenvalue weighted by atomic mass is 16.4. The van der Waals surface area contributed by atoms with Crippen LogP contribution < -0.4 is 11.1 Å². The second kappa shape index (κ2) is 7.12. The lowest BCUT2D eigenvalue weighted by atomic mass is 10.2. The van der Waals surface area contributed by atoms with Crippen LogP contribution in [0.5, 0.6) is 0 Å². The number of nitrogens with one attached hydrogen (secondary N) is 1. The molecule has 1 fully saturated rings. The summed E-state index contributed by atoms with van der Waals surface area (Å²) in [6.45, 7) is 2.13. The molecule has 1 heterocycles. The number of hydrogen-bond acceptors (Lipinski definition) is 6. The Hall–Kier alpha value is -1.22. The van der Waals surface area contributed by atoms with Gasteiger partial charge in [0, 0.05) is 12.6 Å². The first-order valence-corrected chi connectivity index (χ1v) is 4.64. The summed E-state index contributed by atoms with van der Waals surface area (Å²) in [6.07, 6.45) is -3.38. The SMILES string of the molecule is N[C@@H]1CCNC1.O=C(O)[C@@H](O)[C@H](O)C(=O)O. The normalized spacial score (nSPS) is 22.8. The van der Waals surface area contributed by atoms with Crippen LogP contribution in [0.15, 0.2) is 0 Å². The Bertz CT molecular complexity index is 223. The van der Waals surface area contributed by atoms with Crippen molar-refractivity contribution in [2.24, 2.45) is 5.73 Å². The lowest BCUT2D eigenvalue weighted by Gasteiger charge is -2.07. The molecular weight excluding hydrogens is 220 g/mol. The quantitative estimate of drug-likeness (QED) is 0.307. The van der Waals surface area contributed by atoms with E-state index < -0.39 is 24.1 Å². The molecular formula is C8H16N2O6. The fourth-order valence-corrected chi connectivity index (χ4v) is 0.947. The summed E-state index contributed by atoms with van der Waals surface area (Å²) in [7, 11) is 0. The predicted molar refractivity (Wildman–Crippen MR) is 52.7 cm³/mol. The van der Waals surface area contributed by atoms with Crippen LogP contribution in [-0.2, 0) is 9.59 Å². The van der Waals surface area contributed by atoms with Crippen molar-refractivity contribution in [3.63, 3.8) is 0 Å². The molecule has 1 saturated heterocycles. The highest BCUT2D eigenvalue weighted by Crippen LogP contribution is 1.92. The van der Waals surface area contributed by atoms with E-state index in [9.17, 15) is 9.59 Å². The van der Waals surface area contributed by atoms with Crippen LogP contribution in [0.4, 0.5) is 0 Å². The molecule has 7 N–H and O–H groups in total. The zero-order valence-electron chi connectivity index (χ0n) is 8.54. The lowest BCUT2D eigenvalue weighted by Crippen LogP contribution is -2.39. The van der Waals surface area contributed by atoms with Gasteiger partial charge in [-0.15, -0.1) is 0 Å². The van der Waals surface area contributed by atoms with Crippen LogP contribution >= 0.6 is 0 Å². The maximum Gasteiger partial charge on any atom is 0.335 e. The van der Waals surface area contributed by atoms with E-state index in [-0.39, 0.29) is 0 Å². The topological polar surface area (TPSA) is 153 Å². The number of rotatable bonds is 3. The molecule has 8 heteroatoms. The summed E-state index contributed by atoms with van der Waals surface area (Å²) >= 11 is 0. The number of nitrogens with two attached hydrogens (primary N) is 1. The average molecular weight is 236 g/mol. The smallest absolute Gasteiger partial charge is 0.335 e. The third kappa shape index (κ3) is 5.61. The summed E-state index contributed by atoms with van der Waals surface area (Å²) < 4.78 is 0. The molecule has 0 aromatic carbocycles. The fraction of sp³-hybridized carbons (Fsp3) is 0.750. The van der Waals surface area contributed by atoms with Gasteiger partial charge in [-0.1, -0.05) is 0 Å². The number of aliphatic hydroxyl groups is 2. The van der Waals surface area contributed by atoms with Gasteiger partial charge in [0.15, 0.2) is 12.2 Å². The Morgan fingerprint density at radius 1 is 1.19 bits per heavy atom. The van der Waals surface area contributed by atoms with Crippen LogP contribution in [0.3, 0.4) is 0 Å². The second-order valence-corrected chi connectivity index (χ2v) is 3.32. The van der Waals surface area contributed by atoms with Crippen LogP contribution in [0, 0.1) is 0 Å². The minimum atomic E-state index is -2.27. The van der Waals surface area contributed by atoms with E-state index in [2.05, 4.69) is 5.32 Å². The largest absolute Gasteiger partial charge is 0.479 e. The van der Waals surface area contributed by atoms with Crippen molar-refractivity contribution in [3.05, 3.63) is 0 Å². The summed E-state index contributed by atoms with van der Waals surface area (Å²) in [5, 5.41) is 35.7. The van der Waals surface area contributed by atoms with Gasteiger partial charge in [0.25, 0.3) is 0 Å². The Labute approximate surface area is 91.7 Å². The third-order valence-corrected chi connectivity index (χ3v) is 1.90. The van der Waals surface area contributed by atoms with E-state index in [1.165, 1.54) is 0 Å². The molecule has 94 valence electrons. The summed E-state index contributed by atoms with van der Waals surface area (Å²) in [5.41, 5.74) is 5.47.